The number of hydrogen-bond acceptors (Lipinski definition) is 4. The summed E-state index contributed by atoms with van der Waals surface area (Å²) in [6.45, 7) is 4.41. The maximum absolute atomic E-state index is 4.77. The van der Waals surface area contributed by atoms with Crippen molar-refractivity contribution >= 4 is 16.5 Å². The predicted octanol–water partition coefficient (Wildman–Crippen LogP) is 1.82. The molecule has 1 aromatic rings. The molecule has 15 heavy (non-hydrogen) atoms. The van der Waals surface area contributed by atoms with E-state index in [1.54, 1.807) is 0 Å². The van der Waals surface area contributed by atoms with Gasteiger partial charge in [-0.1, -0.05) is 6.42 Å². The molecule has 1 aliphatic heterocycles. The Kier molecular flexibility index (Phi) is 2.63. The maximum Gasteiger partial charge on any atom is 0.185 e. The summed E-state index contributed by atoms with van der Waals surface area (Å²) in [7, 11) is 0. The number of rotatable bonds is 2. The second-order valence-electron chi connectivity index (χ2n) is 4.42. The van der Waals surface area contributed by atoms with Gasteiger partial charge in [0.25, 0.3) is 0 Å². The number of aromatic nitrogens is 1. The zero-order valence-electron chi connectivity index (χ0n) is 8.91. The van der Waals surface area contributed by atoms with Gasteiger partial charge in [-0.2, -0.15) is 0 Å². The number of hydrogen-bond donors (Lipinski definition) is 1. The highest BCUT2D eigenvalue weighted by Gasteiger charge is 2.23. The first kappa shape index (κ1) is 9.60. The minimum Gasteiger partial charge on any atom is -0.346 e. The van der Waals surface area contributed by atoms with Crippen molar-refractivity contribution in [3.8, 4) is 0 Å². The average molecular weight is 223 g/mol. The molecule has 1 aliphatic carbocycles. The number of anilines is 1. The zero-order valence-corrected chi connectivity index (χ0v) is 9.72. The minimum atomic E-state index is 0.776. The Balaban J connectivity index is 1.71. The van der Waals surface area contributed by atoms with Crippen molar-refractivity contribution in [3.63, 3.8) is 0 Å². The summed E-state index contributed by atoms with van der Waals surface area (Å²) in [5, 5.41) is 6.87. The van der Waals surface area contributed by atoms with Crippen LogP contribution in [-0.2, 0) is 0 Å². The van der Waals surface area contributed by atoms with Crippen LogP contribution in [-0.4, -0.2) is 31.2 Å². The Morgan fingerprint density at radius 2 is 2.13 bits per heavy atom. The molecule has 1 aromatic heterocycles. The highest BCUT2D eigenvalue weighted by atomic mass is 32.1. The van der Waals surface area contributed by atoms with Gasteiger partial charge in [-0.05, 0) is 12.8 Å². The van der Waals surface area contributed by atoms with E-state index in [0.717, 1.165) is 32.1 Å². The van der Waals surface area contributed by atoms with Gasteiger partial charge in [-0.25, -0.2) is 4.98 Å². The van der Waals surface area contributed by atoms with E-state index in [0.29, 0.717) is 0 Å². The molecule has 1 saturated heterocycles. The highest BCUT2D eigenvalue weighted by Crippen LogP contribution is 2.38. The Labute approximate surface area is 94.5 Å². The van der Waals surface area contributed by atoms with Gasteiger partial charge in [0.05, 0.1) is 5.69 Å². The van der Waals surface area contributed by atoms with E-state index in [2.05, 4.69) is 15.6 Å². The third kappa shape index (κ3) is 1.88. The third-order valence-electron chi connectivity index (χ3n) is 3.42. The molecular weight excluding hydrogens is 206 g/mol. The Morgan fingerprint density at radius 1 is 1.33 bits per heavy atom. The highest BCUT2D eigenvalue weighted by molar-refractivity contribution is 7.13. The van der Waals surface area contributed by atoms with E-state index in [1.165, 1.54) is 30.1 Å². The fourth-order valence-corrected chi connectivity index (χ4v) is 3.13. The van der Waals surface area contributed by atoms with Gasteiger partial charge in [-0.3, -0.25) is 0 Å². The number of nitrogens with zero attached hydrogens (tertiary/aromatic N) is 2. The van der Waals surface area contributed by atoms with E-state index < -0.39 is 0 Å². The van der Waals surface area contributed by atoms with E-state index >= 15 is 0 Å². The summed E-state index contributed by atoms with van der Waals surface area (Å²) >= 11 is 1.82. The first-order chi connectivity index (χ1) is 7.43. The summed E-state index contributed by atoms with van der Waals surface area (Å²) in [6, 6.07) is 0. The fourth-order valence-electron chi connectivity index (χ4n) is 2.17. The van der Waals surface area contributed by atoms with Crippen molar-refractivity contribution in [2.24, 2.45) is 0 Å². The Hall–Kier alpha value is -0.610. The summed E-state index contributed by atoms with van der Waals surface area (Å²) in [5.74, 6) is 0.776. The first-order valence-corrected chi connectivity index (χ1v) is 6.72. The molecule has 0 radical (unpaired) electrons. The molecular formula is C11H17N3S. The topological polar surface area (TPSA) is 28.2 Å². The van der Waals surface area contributed by atoms with Crippen LogP contribution >= 0.6 is 11.3 Å². The molecule has 0 unspecified atom stereocenters. The van der Waals surface area contributed by atoms with Gasteiger partial charge in [-0.15, -0.1) is 11.3 Å². The summed E-state index contributed by atoms with van der Waals surface area (Å²) in [5.41, 5.74) is 1.35. The lowest BCUT2D eigenvalue weighted by molar-refractivity contribution is 0.412. The van der Waals surface area contributed by atoms with Crippen LogP contribution in [0.25, 0.3) is 0 Å². The smallest absolute Gasteiger partial charge is 0.185 e. The van der Waals surface area contributed by atoms with Crippen molar-refractivity contribution in [1.29, 1.82) is 0 Å². The van der Waals surface area contributed by atoms with Crippen molar-refractivity contribution in [3.05, 3.63) is 11.1 Å². The van der Waals surface area contributed by atoms with Crippen LogP contribution in [0.2, 0.25) is 0 Å². The second-order valence-corrected chi connectivity index (χ2v) is 5.26. The lowest BCUT2D eigenvalue weighted by atomic mass is 9.83. The van der Waals surface area contributed by atoms with Gasteiger partial charge >= 0.3 is 0 Å². The molecule has 0 spiro atoms. The van der Waals surface area contributed by atoms with Crippen molar-refractivity contribution in [2.75, 3.05) is 31.1 Å². The molecule has 0 bridgehead atoms. The molecule has 0 amide bonds. The van der Waals surface area contributed by atoms with Crippen LogP contribution in [0.5, 0.6) is 0 Å². The molecule has 3 rings (SSSR count). The van der Waals surface area contributed by atoms with Crippen LogP contribution < -0.4 is 10.2 Å². The van der Waals surface area contributed by atoms with Gasteiger partial charge in [0.2, 0.25) is 0 Å². The van der Waals surface area contributed by atoms with Crippen molar-refractivity contribution < 1.29 is 0 Å². The molecule has 4 heteroatoms. The number of thiazole rings is 1. The molecule has 2 aliphatic rings. The largest absolute Gasteiger partial charge is 0.346 e. The van der Waals surface area contributed by atoms with Crippen LogP contribution in [0.15, 0.2) is 5.38 Å². The molecule has 82 valence electrons. The lowest BCUT2D eigenvalue weighted by Gasteiger charge is -2.27. The maximum atomic E-state index is 4.77. The van der Waals surface area contributed by atoms with Gasteiger partial charge in [0, 0.05) is 37.5 Å². The first-order valence-electron chi connectivity index (χ1n) is 5.84. The Morgan fingerprint density at radius 3 is 2.80 bits per heavy atom. The molecule has 1 N–H and O–H groups in total. The molecule has 0 aromatic carbocycles. The summed E-state index contributed by atoms with van der Waals surface area (Å²) in [6.07, 6.45) is 4.10. The average Bonchev–Trinajstić information content (AvgIpc) is 2.66. The van der Waals surface area contributed by atoms with Crippen LogP contribution in [0.3, 0.4) is 0 Å². The van der Waals surface area contributed by atoms with Crippen LogP contribution in [0.4, 0.5) is 5.13 Å². The van der Waals surface area contributed by atoms with E-state index in [9.17, 15) is 0 Å². The van der Waals surface area contributed by atoms with E-state index in [4.69, 9.17) is 4.98 Å². The molecule has 2 heterocycles. The standard InChI is InChI=1S/C11H17N3S/c1-2-9(3-1)10-8-15-11(13-10)14-6-4-12-5-7-14/h8-9,12H,1-7H2. The van der Waals surface area contributed by atoms with Crippen molar-refractivity contribution in [2.45, 2.75) is 25.2 Å². The lowest BCUT2D eigenvalue weighted by Crippen LogP contribution is -2.43. The van der Waals surface area contributed by atoms with Gasteiger partial charge < -0.3 is 10.2 Å². The SMILES string of the molecule is c1sc(N2CCNCC2)nc1C1CCC1. The fraction of sp³-hybridized carbons (Fsp3) is 0.727. The monoisotopic (exact) mass is 223 g/mol. The predicted molar refractivity (Wildman–Crippen MR) is 63.8 cm³/mol. The second kappa shape index (κ2) is 4.10. The van der Waals surface area contributed by atoms with Gasteiger partial charge in [0.15, 0.2) is 5.13 Å². The van der Waals surface area contributed by atoms with E-state index in [1.807, 2.05) is 11.3 Å². The van der Waals surface area contributed by atoms with Crippen molar-refractivity contribution in [1.82, 2.24) is 10.3 Å². The molecule has 2 fully saturated rings. The molecule has 3 nitrogen and oxygen atoms in total. The van der Waals surface area contributed by atoms with Crippen LogP contribution in [0, 0.1) is 0 Å². The quantitative estimate of drug-likeness (QED) is 0.829. The van der Waals surface area contributed by atoms with E-state index in [-0.39, 0.29) is 0 Å². The minimum absolute atomic E-state index is 0.776. The summed E-state index contributed by atoms with van der Waals surface area (Å²) in [4.78, 5) is 7.18. The zero-order chi connectivity index (χ0) is 10.1. The summed E-state index contributed by atoms with van der Waals surface area (Å²) < 4.78 is 0. The number of piperazine rings is 1. The Bertz CT molecular complexity index is 326. The normalized spacial score (nSPS) is 22.8. The van der Waals surface area contributed by atoms with Gasteiger partial charge in [0.1, 0.15) is 0 Å². The molecule has 0 atom stereocenters. The van der Waals surface area contributed by atoms with Crippen LogP contribution in [0.1, 0.15) is 30.9 Å². The third-order valence-corrected chi connectivity index (χ3v) is 4.34. The molecule has 1 saturated carbocycles. The number of nitrogens with one attached hydrogen (secondary N) is 1.